The van der Waals surface area contributed by atoms with Crippen LogP contribution in [0.15, 0.2) is 0 Å². The Hall–Kier alpha value is 1.34. The molecule has 0 bridgehead atoms. The van der Waals surface area contributed by atoms with E-state index in [0.717, 1.165) is 0 Å². The van der Waals surface area contributed by atoms with Crippen molar-refractivity contribution in [1.29, 1.82) is 0 Å². The summed E-state index contributed by atoms with van der Waals surface area (Å²) in [6.45, 7) is 0. The Kier molecular flexibility index (Phi) is 4.03. The van der Waals surface area contributed by atoms with Gasteiger partial charge in [0.05, 0.1) is 0 Å². The number of hydrogen-bond donors (Lipinski definition) is 0. The van der Waals surface area contributed by atoms with Gasteiger partial charge in [-0.25, -0.2) is 0 Å². The summed E-state index contributed by atoms with van der Waals surface area (Å²) in [5.74, 6) is 0. The first kappa shape index (κ1) is 8.34. The predicted octanol–water partition coefficient (Wildman–Crippen LogP) is 0.102. The molecule has 3 nitrogen and oxygen atoms in total. The molecule has 0 aliphatic heterocycles. The van der Waals surface area contributed by atoms with Crippen LogP contribution in [-0.2, 0) is 10.0 Å². The van der Waals surface area contributed by atoms with Gasteiger partial charge in [0.15, 0.2) is 0 Å². The molecule has 0 aromatic heterocycles. The zero-order valence-electron chi connectivity index (χ0n) is 2.74. The van der Waals surface area contributed by atoms with Crippen LogP contribution in [0.25, 0.3) is 0 Å². The van der Waals surface area contributed by atoms with E-state index in [0.29, 0.717) is 0 Å². The van der Waals surface area contributed by atoms with Crippen LogP contribution in [0.4, 0.5) is 3.97 Å². The summed E-state index contributed by atoms with van der Waals surface area (Å²) in [4.78, 5) is 0. The maximum atomic E-state index is 10.9. The van der Waals surface area contributed by atoms with Crippen molar-refractivity contribution in [2.75, 3.05) is 0 Å². The maximum absolute atomic E-state index is 10.9. The molecule has 0 aliphatic carbocycles. The molecule has 46 valence electrons. The molecular formula is F2O3SXe. The zero-order valence-corrected chi connectivity index (χ0v) is 5.58. The summed E-state index contributed by atoms with van der Waals surface area (Å²) in [6.07, 6.45) is 0. The van der Waals surface area contributed by atoms with Crippen LogP contribution in [0.2, 0.25) is 0 Å². The first-order valence-corrected chi connectivity index (χ1v) is 3.83. The fraction of sp³-hybridized carbons (Fsp3) is 0. The Morgan fingerprint density at radius 2 is 2.00 bits per heavy atom. The van der Waals surface area contributed by atoms with Crippen molar-refractivity contribution in [2.24, 2.45) is 0 Å². The van der Waals surface area contributed by atoms with Gasteiger partial charge in [-0.05, 0) is 0 Å². The average Bonchev–Trinajstić information content (AvgIpc) is 1.30. The number of rotatable bonds is 2. The van der Waals surface area contributed by atoms with Gasteiger partial charge < -0.3 is 0 Å². The third-order valence-electron chi connectivity index (χ3n) is 0.0927. The monoisotopic (exact) mass is 250 g/mol. The molecule has 0 atom stereocenters. The van der Waals surface area contributed by atoms with Crippen LogP contribution < -0.4 is 0 Å². The summed E-state index contributed by atoms with van der Waals surface area (Å²) < 4.78 is 42.9. The van der Waals surface area contributed by atoms with Crippen LogP contribution >= 0.6 is 0 Å². The standard InChI is InChI=1S/F2O3SXe/c1-6(3,4)5-7-2. The summed E-state index contributed by atoms with van der Waals surface area (Å²) in [6, 6.07) is 0. The van der Waals surface area contributed by atoms with Gasteiger partial charge in [0.1, 0.15) is 0 Å². The Balaban J connectivity index is 3.60. The summed E-state index contributed by atoms with van der Waals surface area (Å²) in [7, 11) is -5.01. The summed E-state index contributed by atoms with van der Waals surface area (Å²) in [5.41, 5.74) is 0. The van der Waals surface area contributed by atoms with E-state index in [1.165, 1.54) is 0 Å². The fourth-order valence-corrected chi connectivity index (χ4v) is 0.535. The summed E-state index contributed by atoms with van der Waals surface area (Å²) in [5, 5.41) is 0. The van der Waals surface area contributed by atoms with Crippen molar-refractivity contribution in [3.63, 3.8) is 0 Å². The van der Waals surface area contributed by atoms with Gasteiger partial charge in [-0.15, -0.1) is 0 Å². The molecule has 0 saturated carbocycles. The van der Waals surface area contributed by atoms with E-state index in [2.05, 4.69) is -0.497 Å². The molecule has 0 amide bonds. The van der Waals surface area contributed by atoms with Crippen LogP contribution in [0.1, 0.15) is 0 Å². The molecule has 0 aromatic carbocycles. The minimum absolute atomic E-state index is 2.30. The molecule has 0 spiro atoms. The van der Waals surface area contributed by atoms with Crippen molar-refractivity contribution in [2.45, 2.75) is 0 Å². The van der Waals surface area contributed by atoms with Gasteiger partial charge in [0, 0.05) is 0 Å². The molecule has 0 radical (unpaired) electrons. The molecule has 7 heavy (non-hydrogen) atoms. The van der Waals surface area contributed by atoms with Gasteiger partial charge in [-0.3, -0.25) is 0 Å². The van der Waals surface area contributed by atoms with Crippen molar-refractivity contribution in [1.82, 2.24) is 0 Å². The van der Waals surface area contributed by atoms with E-state index in [9.17, 15) is 3.97 Å². The molecule has 0 N–H and O–H groups in total. The van der Waals surface area contributed by atoms with E-state index in [-0.39, 0.29) is 0 Å². The van der Waals surface area contributed by atoms with Gasteiger partial charge in [0.2, 0.25) is 0 Å². The topological polar surface area (TPSA) is 43.4 Å². The van der Waals surface area contributed by atoms with E-state index in [4.69, 9.17) is 8.42 Å². The minimum atomic E-state index is -5.01. The normalized spacial score (nSPS) is 12.3. The van der Waals surface area contributed by atoms with Crippen molar-refractivity contribution in [3.05, 3.63) is 0 Å². The Morgan fingerprint density at radius 1 is 1.57 bits per heavy atom. The van der Waals surface area contributed by atoms with Gasteiger partial charge in [-0.1, -0.05) is 0 Å². The Morgan fingerprint density at radius 3 is 2.00 bits per heavy atom. The van der Waals surface area contributed by atoms with Crippen molar-refractivity contribution >= 4 is 10.5 Å². The molecule has 0 aromatic rings. The second kappa shape index (κ2) is 3.38. The van der Waals surface area contributed by atoms with E-state index in [1.807, 2.05) is 0 Å². The first-order chi connectivity index (χ1) is 3.06. The SMILES string of the molecule is O=S(=O)(F)O[Xe]F. The molecule has 0 unspecified atom stereocenters. The number of halogens is 2. The van der Waals surface area contributed by atoms with E-state index in [1.54, 1.807) is 0 Å². The molecule has 0 rings (SSSR count). The van der Waals surface area contributed by atoms with Crippen LogP contribution in [0.5, 0.6) is 0 Å². The van der Waals surface area contributed by atoms with E-state index >= 15 is 0 Å². The molecular weight excluding hydrogens is 249 g/mol. The second-order valence-corrected chi connectivity index (χ2v) is 2.73. The zero-order chi connectivity index (χ0) is 5.91. The van der Waals surface area contributed by atoms with Gasteiger partial charge in [0.25, 0.3) is 0 Å². The average molecular weight is 249 g/mol. The first-order valence-electron chi connectivity index (χ1n) is 0.932. The van der Waals surface area contributed by atoms with Gasteiger partial charge >= 0.3 is 68.2 Å². The Labute approximate surface area is 67.0 Å². The Bertz CT molecular complexity index is 126. The second-order valence-electron chi connectivity index (χ2n) is 0.507. The fourth-order valence-electron chi connectivity index (χ4n) is 0.0266. The molecule has 0 saturated heterocycles. The molecule has 7 heteroatoms. The third-order valence-corrected chi connectivity index (χ3v) is 1.86. The van der Waals surface area contributed by atoms with Crippen LogP contribution in [-0.4, -0.2) is 8.42 Å². The molecule has 0 aliphatic rings. The number of hydrogen-bond acceptors (Lipinski definition) is 3. The molecule has 0 heterocycles. The summed E-state index contributed by atoms with van der Waals surface area (Å²) >= 11 is -2.30. The van der Waals surface area contributed by atoms with E-state index < -0.39 is 56.3 Å². The van der Waals surface area contributed by atoms with Gasteiger partial charge in [-0.2, -0.15) is 0 Å². The predicted molar refractivity (Wildman–Crippen MR) is 12.2 cm³/mol. The molecule has 0 fully saturated rings. The van der Waals surface area contributed by atoms with Crippen LogP contribution in [0.3, 0.4) is 0 Å². The van der Waals surface area contributed by atoms with Crippen LogP contribution in [0, 0.1) is 45.8 Å². The third kappa shape index (κ3) is 7.34. The quantitative estimate of drug-likeness (QED) is 0.652. The van der Waals surface area contributed by atoms with Crippen molar-refractivity contribution < 1.29 is 57.7 Å². The van der Waals surface area contributed by atoms with Crippen molar-refractivity contribution in [3.8, 4) is 0 Å².